The Labute approximate surface area is 161 Å². The van der Waals surface area contributed by atoms with Crippen molar-refractivity contribution in [1.29, 1.82) is 0 Å². The molecule has 0 bridgehead atoms. The van der Waals surface area contributed by atoms with Crippen molar-refractivity contribution in [3.8, 4) is 5.75 Å². The standard InChI is InChI=1S/C20H26N2O4S/c1-5-15-10-7-8-13-18(15)21-20(23)19(6-2)22(27(4,24)25)16-11-9-12-17(14-16)26-3/h7-14,19H,5-6H2,1-4H3,(H,21,23). The van der Waals surface area contributed by atoms with Crippen molar-refractivity contribution in [3.63, 3.8) is 0 Å². The Bertz CT molecular complexity index is 896. The van der Waals surface area contributed by atoms with Crippen LogP contribution in [0, 0.1) is 0 Å². The van der Waals surface area contributed by atoms with Gasteiger partial charge in [-0.3, -0.25) is 9.10 Å². The van der Waals surface area contributed by atoms with Crippen LogP contribution in [0.15, 0.2) is 48.5 Å². The third-order valence-electron chi connectivity index (χ3n) is 4.29. The van der Waals surface area contributed by atoms with E-state index >= 15 is 0 Å². The molecule has 0 saturated heterocycles. The van der Waals surface area contributed by atoms with E-state index in [2.05, 4.69) is 5.32 Å². The fraction of sp³-hybridized carbons (Fsp3) is 0.350. The van der Waals surface area contributed by atoms with Gasteiger partial charge in [0.05, 0.1) is 19.1 Å². The van der Waals surface area contributed by atoms with Gasteiger partial charge in [0.1, 0.15) is 11.8 Å². The molecular formula is C20H26N2O4S. The Balaban J connectivity index is 2.41. The van der Waals surface area contributed by atoms with E-state index in [1.807, 2.05) is 31.2 Å². The SMILES string of the molecule is CCc1ccccc1NC(=O)C(CC)N(c1cccc(OC)c1)S(C)(=O)=O. The van der Waals surface area contributed by atoms with E-state index in [-0.39, 0.29) is 5.91 Å². The van der Waals surface area contributed by atoms with Crippen molar-refractivity contribution in [2.75, 3.05) is 23.0 Å². The summed E-state index contributed by atoms with van der Waals surface area (Å²) in [5.41, 5.74) is 2.08. The summed E-state index contributed by atoms with van der Waals surface area (Å²) in [6, 6.07) is 13.3. The molecular weight excluding hydrogens is 364 g/mol. The van der Waals surface area contributed by atoms with E-state index in [9.17, 15) is 13.2 Å². The van der Waals surface area contributed by atoms with Crippen LogP contribution in [0.25, 0.3) is 0 Å². The maximum atomic E-state index is 13.0. The first-order valence-corrected chi connectivity index (χ1v) is 10.7. The largest absolute Gasteiger partial charge is 0.497 e. The molecule has 7 heteroatoms. The van der Waals surface area contributed by atoms with Gasteiger partial charge in [-0.15, -0.1) is 0 Å². The number of benzene rings is 2. The summed E-state index contributed by atoms with van der Waals surface area (Å²) in [6.07, 6.45) is 2.19. The highest BCUT2D eigenvalue weighted by atomic mass is 32.2. The van der Waals surface area contributed by atoms with E-state index in [4.69, 9.17) is 4.74 Å². The number of carbonyl (C=O) groups is 1. The van der Waals surface area contributed by atoms with Crippen LogP contribution in [0.1, 0.15) is 25.8 Å². The summed E-state index contributed by atoms with van der Waals surface area (Å²) < 4.78 is 31.4. The molecule has 0 aliphatic carbocycles. The molecule has 0 heterocycles. The number of anilines is 2. The first kappa shape index (κ1) is 20.8. The molecule has 2 rings (SSSR count). The summed E-state index contributed by atoms with van der Waals surface area (Å²) in [7, 11) is -2.18. The minimum atomic E-state index is -3.69. The highest BCUT2D eigenvalue weighted by molar-refractivity contribution is 7.92. The second kappa shape index (κ2) is 8.90. The minimum absolute atomic E-state index is 0.324. The Hall–Kier alpha value is -2.54. The lowest BCUT2D eigenvalue weighted by Crippen LogP contribution is -2.47. The number of sulfonamides is 1. The van der Waals surface area contributed by atoms with Gasteiger partial charge >= 0.3 is 0 Å². The van der Waals surface area contributed by atoms with E-state index in [0.717, 1.165) is 22.5 Å². The van der Waals surface area contributed by atoms with Crippen molar-refractivity contribution < 1.29 is 17.9 Å². The molecule has 27 heavy (non-hydrogen) atoms. The molecule has 6 nitrogen and oxygen atoms in total. The molecule has 2 aromatic rings. The number of ether oxygens (including phenoxy) is 1. The van der Waals surface area contributed by atoms with Gasteiger partial charge in [-0.25, -0.2) is 8.42 Å². The maximum absolute atomic E-state index is 13.0. The second-order valence-electron chi connectivity index (χ2n) is 6.18. The van der Waals surface area contributed by atoms with Crippen molar-refractivity contribution in [2.24, 2.45) is 0 Å². The lowest BCUT2D eigenvalue weighted by atomic mass is 10.1. The number of carbonyl (C=O) groups excluding carboxylic acids is 1. The van der Waals surface area contributed by atoms with Crippen LogP contribution in [-0.2, 0) is 21.2 Å². The molecule has 0 fully saturated rings. The van der Waals surface area contributed by atoms with Crippen LogP contribution in [0.3, 0.4) is 0 Å². The number of aryl methyl sites for hydroxylation is 1. The van der Waals surface area contributed by atoms with Crippen LogP contribution in [0.5, 0.6) is 5.75 Å². The van der Waals surface area contributed by atoms with Crippen molar-refractivity contribution in [3.05, 3.63) is 54.1 Å². The van der Waals surface area contributed by atoms with E-state index in [1.54, 1.807) is 31.2 Å². The van der Waals surface area contributed by atoms with Crippen molar-refractivity contribution >= 4 is 27.3 Å². The van der Waals surface area contributed by atoms with Gasteiger partial charge < -0.3 is 10.1 Å². The number of nitrogens with zero attached hydrogens (tertiary/aromatic N) is 1. The van der Waals surface area contributed by atoms with Crippen molar-refractivity contribution in [2.45, 2.75) is 32.7 Å². The monoisotopic (exact) mass is 390 g/mol. The number of rotatable bonds is 8. The van der Waals surface area contributed by atoms with Crippen LogP contribution in [0.2, 0.25) is 0 Å². The number of methoxy groups -OCH3 is 1. The van der Waals surface area contributed by atoms with Crippen LogP contribution >= 0.6 is 0 Å². The summed E-state index contributed by atoms with van der Waals surface area (Å²) >= 11 is 0. The maximum Gasteiger partial charge on any atom is 0.248 e. The molecule has 0 saturated carbocycles. The number of hydrogen-bond acceptors (Lipinski definition) is 4. The predicted molar refractivity (Wildman–Crippen MR) is 109 cm³/mol. The van der Waals surface area contributed by atoms with Crippen LogP contribution in [-0.4, -0.2) is 33.7 Å². The molecule has 0 aliphatic heterocycles. The fourth-order valence-electron chi connectivity index (χ4n) is 2.97. The lowest BCUT2D eigenvalue weighted by Gasteiger charge is -2.30. The lowest BCUT2D eigenvalue weighted by molar-refractivity contribution is -0.117. The van der Waals surface area contributed by atoms with Gasteiger partial charge in [0, 0.05) is 11.8 Å². The molecule has 1 unspecified atom stereocenters. The fourth-order valence-corrected chi connectivity index (χ4v) is 4.18. The van der Waals surface area contributed by atoms with E-state index < -0.39 is 16.1 Å². The number of amides is 1. The van der Waals surface area contributed by atoms with Gasteiger partial charge in [-0.05, 0) is 36.6 Å². The normalized spacial score (nSPS) is 12.3. The molecule has 0 aliphatic rings. The number of hydrogen-bond donors (Lipinski definition) is 1. The number of nitrogens with one attached hydrogen (secondary N) is 1. The molecule has 146 valence electrons. The molecule has 1 amide bonds. The summed E-state index contributed by atoms with van der Waals surface area (Å²) in [5.74, 6) is 0.152. The topological polar surface area (TPSA) is 75.7 Å². The van der Waals surface area contributed by atoms with Gasteiger partial charge in [-0.1, -0.05) is 38.1 Å². The highest BCUT2D eigenvalue weighted by Crippen LogP contribution is 2.27. The average molecular weight is 391 g/mol. The molecule has 0 radical (unpaired) electrons. The zero-order chi connectivity index (χ0) is 20.0. The van der Waals surface area contributed by atoms with E-state index in [1.165, 1.54) is 7.11 Å². The van der Waals surface area contributed by atoms with Gasteiger partial charge in [-0.2, -0.15) is 0 Å². The zero-order valence-corrected chi connectivity index (χ0v) is 16.9. The number of para-hydroxylation sites is 1. The minimum Gasteiger partial charge on any atom is -0.497 e. The molecule has 0 aromatic heterocycles. The van der Waals surface area contributed by atoms with Crippen molar-refractivity contribution in [1.82, 2.24) is 0 Å². The third kappa shape index (κ3) is 5.01. The first-order chi connectivity index (χ1) is 12.8. The Morgan fingerprint density at radius 3 is 2.44 bits per heavy atom. The summed E-state index contributed by atoms with van der Waals surface area (Å²) in [5, 5.41) is 2.89. The Morgan fingerprint density at radius 1 is 1.15 bits per heavy atom. The first-order valence-electron chi connectivity index (χ1n) is 8.84. The quantitative estimate of drug-likeness (QED) is 0.749. The van der Waals surface area contributed by atoms with Crippen LogP contribution in [0.4, 0.5) is 11.4 Å². The van der Waals surface area contributed by atoms with Gasteiger partial charge in [0.25, 0.3) is 0 Å². The van der Waals surface area contributed by atoms with E-state index in [0.29, 0.717) is 23.5 Å². The average Bonchev–Trinajstić information content (AvgIpc) is 2.65. The summed E-state index contributed by atoms with van der Waals surface area (Å²) in [4.78, 5) is 13.0. The zero-order valence-electron chi connectivity index (χ0n) is 16.1. The Morgan fingerprint density at radius 2 is 1.85 bits per heavy atom. The van der Waals surface area contributed by atoms with Crippen LogP contribution < -0.4 is 14.4 Å². The highest BCUT2D eigenvalue weighted by Gasteiger charge is 2.32. The molecule has 1 atom stereocenters. The molecule has 2 aromatic carbocycles. The summed E-state index contributed by atoms with van der Waals surface area (Å²) in [6.45, 7) is 3.79. The smallest absolute Gasteiger partial charge is 0.248 e. The Kier molecular flexibility index (Phi) is 6.85. The molecule has 1 N–H and O–H groups in total. The second-order valence-corrected chi connectivity index (χ2v) is 8.04. The van der Waals surface area contributed by atoms with Gasteiger partial charge in [0.15, 0.2) is 0 Å². The molecule has 0 spiro atoms. The predicted octanol–water partition coefficient (Wildman–Crippen LogP) is 3.44. The third-order valence-corrected chi connectivity index (χ3v) is 5.47. The van der Waals surface area contributed by atoms with Gasteiger partial charge in [0.2, 0.25) is 15.9 Å².